The lowest BCUT2D eigenvalue weighted by atomic mass is 9.62. The standard InChI is InChI=1S/C12H12ClNO/c13-8-2-3-10-9(6-8)11(15)14-7-12(10)4-1-5-12/h2-3,6H,1,4-5,7H2,(H,14,15). The predicted molar refractivity (Wildman–Crippen MR) is 59.3 cm³/mol. The first-order valence-corrected chi connectivity index (χ1v) is 5.67. The first kappa shape index (κ1) is 9.22. The van der Waals surface area contributed by atoms with Crippen LogP contribution in [-0.4, -0.2) is 12.5 Å². The fourth-order valence-electron chi connectivity index (χ4n) is 2.66. The first-order valence-electron chi connectivity index (χ1n) is 5.30. The van der Waals surface area contributed by atoms with Crippen molar-refractivity contribution in [3.63, 3.8) is 0 Å². The van der Waals surface area contributed by atoms with Crippen LogP contribution in [-0.2, 0) is 5.41 Å². The smallest absolute Gasteiger partial charge is 0.251 e. The molecule has 1 fully saturated rings. The van der Waals surface area contributed by atoms with Crippen molar-refractivity contribution in [2.45, 2.75) is 24.7 Å². The van der Waals surface area contributed by atoms with E-state index in [0.29, 0.717) is 5.02 Å². The molecule has 78 valence electrons. The normalized spacial score (nSPS) is 21.8. The number of amides is 1. The van der Waals surface area contributed by atoms with Crippen molar-refractivity contribution in [2.24, 2.45) is 0 Å². The van der Waals surface area contributed by atoms with Crippen LogP contribution < -0.4 is 5.32 Å². The molecule has 0 saturated heterocycles. The molecule has 1 aromatic carbocycles. The molecule has 2 aliphatic rings. The lowest BCUT2D eigenvalue weighted by Crippen LogP contribution is -2.50. The van der Waals surface area contributed by atoms with Gasteiger partial charge >= 0.3 is 0 Å². The van der Waals surface area contributed by atoms with Crippen LogP contribution in [0.15, 0.2) is 18.2 Å². The Bertz CT molecular complexity index is 437. The van der Waals surface area contributed by atoms with E-state index < -0.39 is 0 Å². The summed E-state index contributed by atoms with van der Waals surface area (Å²) in [5.41, 5.74) is 2.18. The number of carbonyl (C=O) groups is 1. The van der Waals surface area contributed by atoms with Crippen LogP contribution in [0.2, 0.25) is 5.02 Å². The molecule has 1 heterocycles. The molecular formula is C12H12ClNO. The molecule has 1 amide bonds. The van der Waals surface area contributed by atoms with E-state index in [2.05, 4.69) is 5.32 Å². The summed E-state index contributed by atoms with van der Waals surface area (Å²) in [7, 11) is 0. The number of nitrogens with one attached hydrogen (secondary N) is 1. The second-order valence-corrected chi connectivity index (χ2v) is 4.94. The molecule has 1 saturated carbocycles. The van der Waals surface area contributed by atoms with Crippen molar-refractivity contribution >= 4 is 17.5 Å². The van der Waals surface area contributed by atoms with E-state index in [1.807, 2.05) is 12.1 Å². The highest BCUT2D eigenvalue weighted by molar-refractivity contribution is 6.31. The molecule has 0 aromatic heterocycles. The van der Waals surface area contributed by atoms with E-state index in [0.717, 1.165) is 12.1 Å². The van der Waals surface area contributed by atoms with Gasteiger partial charge in [-0.2, -0.15) is 0 Å². The molecule has 1 aromatic rings. The third-order valence-electron chi connectivity index (χ3n) is 3.70. The molecule has 1 aliphatic carbocycles. The summed E-state index contributed by atoms with van der Waals surface area (Å²) < 4.78 is 0. The van der Waals surface area contributed by atoms with Crippen LogP contribution in [0.3, 0.4) is 0 Å². The number of hydrogen-bond donors (Lipinski definition) is 1. The Morgan fingerprint density at radius 3 is 2.80 bits per heavy atom. The van der Waals surface area contributed by atoms with Crippen molar-refractivity contribution < 1.29 is 4.79 Å². The van der Waals surface area contributed by atoms with Gasteiger partial charge in [0.25, 0.3) is 5.91 Å². The molecule has 0 unspecified atom stereocenters. The van der Waals surface area contributed by atoms with Gasteiger partial charge in [0.15, 0.2) is 0 Å². The van der Waals surface area contributed by atoms with Gasteiger partial charge in [-0.15, -0.1) is 0 Å². The lowest BCUT2D eigenvalue weighted by molar-refractivity contribution is 0.0896. The second kappa shape index (κ2) is 2.99. The van der Waals surface area contributed by atoms with Gasteiger partial charge < -0.3 is 5.32 Å². The Morgan fingerprint density at radius 1 is 1.33 bits per heavy atom. The zero-order valence-electron chi connectivity index (χ0n) is 8.35. The van der Waals surface area contributed by atoms with Gasteiger partial charge in [0.1, 0.15) is 0 Å². The van der Waals surface area contributed by atoms with Gasteiger partial charge in [-0.25, -0.2) is 0 Å². The van der Waals surface area contributed by atoms with Gasteiger partial charge in [0.2, 0.25) is 0 Å². The molecule has 1 aliphatic heterocycles. The van der Waals surface area contributed by atoms with E-state index in [1.54, 1.807) is 6.07 Å². The summed E-state index contributed by atoms with van der Waals surface area (Å²) in [5, 5.41) is 3.60. The maximum absolute atomic E-state index is 11.7. The quantitative estimate of drug-likeness (QED) is 0.717. The van der Waals surface area contributed by atoms with Crippen LogP contribution in [0, 0.1) is 0 Å². The third kappa shape index (κ3) is 1.21. The maximum Gasteiger partial charge on any atom is 0.251 e. The average Bonchev–Trinajstić information content (AvgIpc) is 2.17. The molecule has 0 radical (unpaired) electrons. The molecule has 1 N–H and O–H groups in total. The summed E-state index contributed by atoms with van der Waals surface area (Å²) in [6, 6.07) is 5.69. The van der Waals surface area contributed by atoms with Gasteiger partial charge in [-0.1, -0.05) is 24.1 Å². The van der Waals surface area contributed by atoms with E-state index in [9.17, 15) is 4.79 Å². The predicted octanol–water partition coefficient (Wildman–Crippen LogP) is 2.51. The minimum atomic E-state index is 0.0185. The van der Waals surface area contributed by atoms with Crippen LogP contribution in [0.5, 0.6) is 0 Å². The minimum Gasteiger partial charge on any atom is -0.351 e. The molecule has 3 rings (SSSR count). The Labute approximate surface area is 93.6 Å². The SMILES string of the molecule is O=C1NCC2(CCC2)c2ccc(Cl)cc21. The molecule has 0 bridgehead atoms. The summed E-state index contributed by atoms with van der Waals surface area (Å²) in [6.45, 7) is 0.792. The summed E-state index contributed by atoms with van der Waals surface area (Å²) in [6.07, 6.45) is 3.63. The van der Waals surface area contributed by atoms with Gasteiger partial charge in [0, 0.05) is 22.5 Å². The molecule has 15 heavy (non-hydrogen) atoms. The number of fused-ring (bicyclic) bond motifs is 2. The summed E-state index contributed by atoms with van der Waals surface area (Å²) in [4.78, 5) is 11.7. The van der Waals surface area contributed by atoms with Crippen molar-refractivity contribution in [3.05, 3.63) is 34.3 Å². The number of benzene rings is 1. The lowest BCUT2D eigenvalue weighted by Gasteiger charge is -2.46. The monoisotopic (exact) mass is 221 g/mol. The molecular weight excluding hydrogens is 210 g/mol. The van der Waals surface area contributed by atoms with Gasteiger partial charge in [0.05, 0.1) is 0 Å². The van der Waals surface area contributed by atoms with Gasteiger partial charge in [-0.05, 0) is 30.5 Å². The Balaban J connectivity index is 2.17. The van der Waals surface area contributed by atoms with Crippen LogP contribution in [0.25, 0.3) is 0 Å². The fourth-order valence-corrected chi connectivity index (χ4v) is 2.83. The van der Waals surface area contributed by atoms with Crippen molar-refractivity contribution in [2.75, 3.05) is 6.54 Å². The largest absolute Gasteiger partial charge is 0.351 e. The highest BCUT2D eigenvalue weighted by Gasteiger charge is 2.43. The van der Waals surface area contributed by atoms with E-state index in [-0.39, 0.29) is 11.3 Å². The third-order valence-corrected chi connectivity index (χ3v) is 3.93. The highest BCUT2D eigenvalue weighted by Crippen LogP contribution is 2.46. The summed E-state index contributed by atoms with van der Waals surface area (Å²) >= 11 is 5.92. The number of halogens is 1. The maximum atomic E-state index is 11.7. The molecule has 3 heteroatoms. The van der Waals surface area contributed by atoms with Crippen LogP contribution >= 0.6 is 11.6 Å². The number of rotatable bonds is 0. The van der Waals surface area contributed by atoms with E-state index >= 15 is 0 Å². The zero-order valence-corrected chi connectivity index (χ0v) is 9.10. The molecule has 1 spiro atoms. The Hall–Kier alpha value is -1.02. The van der Waals surface area contributed by atoms with Gasteiger partial charge in [-0.3, -0.25) is 4.79 Å². The van der Waals surface area contributed by atoms with Crippen molar-refractivity contribution in [3.8, 4) is 0 Å². The Kier molecular flexibility index (Phi) is 1.84. The average molecular weight is 222 g/mol. The Morgan fingerprint density at radius 2 is 2.13 bits per heavy atom. The first-order chi connectivity index (χ1) is 7.21. The van der Waals surface area contributed by atoms with Crippen LogP contribution in [0.1, 0.15) is 35.2 Å². The van der Waals surface area contributed by atoms with E-state index in [4.69, 9.17) is 11.6 Å². The van der Waals surface area contributed by atoms with Crippen molar-refractivity contribution in [1.29, 1.82) is 0 Å². The number of hydrogen-bond acceptors (Lipinski definition) is 1. The molecule has 0 atom stereocenters. The van der Waals surface area contributed by atoms with E-state index in [1.165, 1.54) is 24.8 Å². The van der Waals surface area contributed by atoms with Crippen molar-refractivity contribution in [1.82, 2.24) is 5.32 Å². The highest BCUT2D eigenvalue weighted by atomic mass is 35.5. The fraction of sp³-hybridized carbons (Fsp3) is 0.417. The second-order valence-electron chi connectivity index (χ2n) is 4.51. The minimum absolute atomic E-state index is 0.0185. The topological polar surface area (TPSA) is 29.1 Å². The van der Waals surface area contributed by atoms with Crippen LogP contribution in [0.4, 0.5) is 0 Å². The summed E-state index contributed by atoms with van der Waals surface area (Å²) in [5.74, 6) is 0.0185. The zero-order chi connectivity index (χ0) is 10.5. The molecule has 2 nitrogen and oxygen atoms in total. The number of carbonyl (C=O) groups excluding carboxylic acids is 1.